The molecule has 0 saturated carbocycles. The maximum atomic E-state index is 12.6. The number of benzene rings is 2. The van der Waals surface area contributed by atoms with E-state index in [2.05, 4.69) is 15.9 Å². The first-order valence-corrected chi connectivity index (χ1v) is 9.33. The fourth-order valence-electron chi connectivity index (χ4n) is 2.36. The predicted octanol–water partition coefficient (Wildman–Crippen LogP) is 3.83. The summed E-state index contributed by atoms with van der Waals surface area (Å²) in [5.41, 5.74) is 0.751. The lowest BCUT2D eigenvalue weighted by Gasteiger charge is -2.15. The van der Waals surface area contributed by atoms with Gasteiger partial charge in [0.2, 0.25) is 0 Å². The van der Waals surface area contributed by atoms with Crippen LogP contribution in [-0.2, 0) is 11.3 Å². The van der Waals surface area contributed by atoms with Crippen LogP contribution in [0.1, 0.15) is 11.1 Å². The first-order valence-electron chi connectivity index (χ1n) is 7.31. The van der Waals surface area contributed by atoms with Gasteiger partial charge in [-0.25, -0.2) is 0 Å². The van der Waals surface area contributed by atoms with E-state index in [0.29, 0.717) is 10.9 Å². The van der Waals surface area contributed by atoms with E-state index in [4.69, 9.17) is 12.2 Å². The molecular formula is C17H10BrN2O4S2-. The quantitative estimate of drug-likeness (QED) is 0.305. The van der Waals surface area contributed by atoms with Crippen molar-refractivity contribution in [1.29, 1.82) is 0 Å². The molecule has 0 unspecified atom stereocenters. The minimum atomic E-state index is -0.595. The van der Waals surface area contributed by atoms with Gasteiger partial charge in [-0.15, -0.1) is 0 Å². The number of rotatable bonds is 4. The van der Waals surface area contributed by atoms with Gasteiger partial charge in [0.1, 0.15) is 4.32 Å². The van der Waals surface area contributed by atoms with Crippen molar-refractivity contribution in [2.45, 2.75) is 6.54 Å². The van der Waals surface area contributed by atoms with Crippen LogP contribution in [0.2, 0.25) is 0 Å². The van der Waals surface area contributed by atoms with Gasteiger partial charge in [0.15, 0.2) is 0 Å². The standard InChI is InChI=1S/C17H11BrN2O4S2/c18-13-8-12(20(23)24)6-11(15(13)21)7-14-16(22)19(17(25)26-14)9-10-4-2-1-3-5-10/h1-8,21H,9H2/p-1/b14-7-. The molecule has 0 bridgehead atoms. The number of hydrogen-bond donors (Lipinski definition) is 0. The highest BCUT2D eigenvalue weighted by molar-refractivity contribution is 9.10. The Labute approximate surface area is 166 Å². The fraction of sp³-hybridized carbons (Fsp3) is 0.0588. The minimum Gasteiger partial charge on any atom is -0.871 e. The first kappa shape index (κ1) is 18.6. The molecule has 2 aromatic carbocycles. The van der Waals surface area contributed by atoms with Crippen LogP contribution >= 0.6 is 39.9 Å². The summed E-state index contributed by atoms with van der Waals surface area (Å²) in [7, 11) is 0. The van der Waals surface area contributed by atoms with Gasteiger partial charge in [-0.2, -0.15) is 0 Å². The van der Waals surface area contributed by atoms with E-state index < -0.39 is 10.7 Å². The molecule has 2 aromatic rings. The number of hydrogen-bond acceptors (Lipinski definition) is 6. The lowest BCUT2D eigenvalue weighted by molar-refractivity contribution is -0.385. The zero-order valence-corrected chi connectivity index (χ0v) is 16.3. The number of nitro groups is 1. The molecule has 1 aliphatic heterocycles. The summed E-state index contributed by atoms with van der Waals surface area (Å²) in [6, 6.07) is 11.7. The Morgan fingerprint density at radius 3 is 2.62 bits per heavy atom. The van der Waals surface area contributed by atoms with E-state index in [0.717, 1.165) is 29.5 Å². The molecule has 26 heavy (non-hydrogen) atoms. The number of carbonyl (C=O) groups excluding carboxylic acids is 1. The van der Waals surface area contributed by atoms with Gasteiger partial charge in [0.05, 0.1) is 16.4 Å². The van der Waals surface area contributed by atoms with Gasteiger partial charge in [0, 0.05) is 16.6 Å². The zero-order valence-electron chi connectivity index (χ0n) is 13.0. The molecule has 0 radical (unpaired) electrons. The highest BCUT2D eigenvalue weighted by atomic mass is 79.9. The van der Waals surface area contributed by atoms with Crippen LogP contribution in [-0.4, -0.2) is 20.1 Å². The Morgan fingerprint density at radius 2 is 1.96 bits per heavy atom. The smallest absolute Gasteiger partial charge is 0.271 e. The van der Waals surface area contributed by atoms with Gasteiger partial charge < -0.3 is 5.11 Å². The molecule has 9 heteroatoms. The molecule has 3 rings (SSSR count). The van der Waals surface area contributed by atoms with Gasteiger partial charge in [-0.3, -0.25) is 19.8 Å². The summed E-state index contributed by atoms with van der Waals surface area (Å²) in [5.74, 6) is -0.755. The second-order valence-corrected chi connectivity index (χ2v) is 7.89. The second-order valence-electron chi connectivity index (χ2n) is 5.36. The fourth-order valence-corrected chi connectivity index (χ4v) is 4.07. The van der Waals surface area contributed by atoms with Crippen LogP contribution < -0.4 is 5.11 Å². The highest BCUT2D eigenvalue weighted by Crippen LogP contribution is 2.37. The number of non-ortho nitro benzene ring substituents is 1. The normalized spacial score (nSPS) is 15.7. The number of nitro benzene ring substituents is 1. The Kier molecular flexibility index (Phi) is 5.40. The van der Waals surface area contributed by atoms with Crippen molar-refractivity contribution in [3.63, 3.8) is 0 Å². The number of nitrogens with zero attached hydrogens (tertiary/aromatic N) is 2. The molecule has 0 aliphatic carbocycles. The van der Waals surface area contributed by atoms with Crippen molar-refractivity contribution in [2.75, 3.05) is 0 Å². The van der Waals surface area contributed by atoms with Crippen LogP contribution in [0.3, 0.4) is 0 Å². The van der Waals surface area contributed by atoms with Crippen molar-refractivity contribution in [3.8, 4) is 5.75 Å². The average Bonchev–Trinajstić information content (AvgIpc) is 2.87. The topological polar surface area (TPSA) is 86.5 Å². The maximum Gasteiger partial charge on any atom is 0.271 e. The number of thioether (sulfide) groups is 1. The van der Waals surface area contributed by atoms with E-state index in [-0.39, 0.29) is 26.5 Å². The summed E-state index contributed by atoms with van der Waals surface area (Å²) in [6.07, 6.45) is 1.35. The predicted molar refractivity (Wildman–Crippen MR) is 105 cm³/mol. The van der Waals surface area contributed by atoms with Crippen LogP contribution in [0.4, 0.5) is 5.69 Å². The van der Waals surface area contributed by atoms with E-state index in [1.807, 2.05) is 30.3 Å². The van der Waals surface area contributed by atoms with Crippen molar-refractivity contribution < 1.29 is 14.8 Å². The van der Waals surface area contributed by atoms with Crippen LogP contribution in [0, 0.1) is 10.1 Å². The molecule has 1 saturated heterocycles. The van der Waals surface area contributed by atoms with E-state index in [1.54, 1.807) is 0 Å². The number of amides is 1. The average molecular weight is 450 g/mol. The molecular weight excluding hydrogens is 440 g/mol. The summed E-state index contributed by atoms with van der Waals surface area (Å²) in [4.78, 5) is 24.7. The number of carbonyl (C=O) groups is 1. The molecule has 0 atom stereocenters. The molecule has 1 heterocycles. The first-order chi connectivity index (χ1) is 12.4. The highest BCUT2D eigenvalue weighted by Gasteiger charge is 2.32. The second kappa shape index (κ2) is 7.56. The van der Waals surface area contributed by atoms with Gasteiger partial charge >= 0.3 is 0 Å². The summed E-state index contributed by atoms with van der Waals surface area (Å²) >= 11 is 9.36. The van der Waals surface area contributed by atoms with Gasteiger partial charge in [0.25, 0.3) is 11.6 Å². The molecule has 132 valence electrons. The monoisotopic (exact) mass is 449 g/mol. The molecule has 0 aromatic heterocycles. The third-order valence-electron chi connectivity index (χ3n) is 3.61. The zero-order chi connectivity index (χ0) is 18.8. The van der Waals surface area contributed by atoms with Crippen molar-refractivity contribution in [2.24, 2.45) is 0 Å². The van der Waals surface area contributed by atoms with Crippen molar-refractivity contribution in [3.05, 3.63) is 73.1 Å². The largest absolute Gasteiger partial charge is 0.871 e. The Bertz CT molecular complexity index is 947. The molecule has 1 aliphatic rings. The Morgan fingerprint density at radius 1 is 1.27 bits per heavy atom. The van der Waals surface area contributed by atoms with Crippen molar-refractivity contribution >= 4 is 61.9 Å². The lowest BCUT2D eigenvalue weighted by Crippen LogP contribution is -2.27. The summed E-state index contributed by atoms with van der Waals surface area (Å²) in [5, 5.41) is 23.2. The summed E-state index contributed by atoms with van der Waals surface area (Å²) in [6.45, 7) is 0.325. The van der Waals surface area contributed by atoms with Crippen LogP contribution in [0.15, 0.2) is 51.8 Å². The molecule has 6 nitrogen and oxygen atoms in total. The van der Waals surface area contributed by atoms with Crippen LogP contribution in [0.5, 0.6) is 5.75 Å². The van der Waals surface area contributed by atoms with Crippen LogP contribution in [0.25, 0.3) is 6.08 Å². The van der Waals surface area contributed by atoms with E-state index in [9.17, 15) is 20.0 Å². The van der Waals surface area contributed by atoms with Gasteiger partial charge in [-0.05, 0) is 17.2 Å². The van der Waals surface area contributed by atoms with Gasteiger partial charge in [-0.1, -0.05) is 76.0 Å². The van der Waals surface area contributed by atoms with Crippen molar-refractivity contribution in [1.82, 2.24) is 4.90 Å². The maximum absolute atomic E-state index is 12.6. The molecule has 1 amide bonds. The summed E-state index contributed by atoms with van der Waals surface area (Å²) < 4.78 is 0.444. The molecule has 1 fully saturated rings. The minimum absolute atomic E-state index is 0.0614. The van der Waals surface area contributed by atoms with E-state index >= 15 is 0 Å². The third kappa shape index (κ3) is 3.79. The third-order valence-corrected chi connectivity index (χ3v) is 5.58. The SMILES string of the molecule is O=C1/C(=C/c2cc([N+](=O)[O-])cc(Br)c2[O-])SC(=S)N1Cc1ccccc1. The molecule has 0 N–H and O–H groups in total. The lowest BCUT2D eigenvalue weighted by atomic mass is 10.1. The van der Waals surface area contributed by atoms with E-state index in [1.165, 1.54) is 11.0 Å². The molecule has 0 spiro atoms. The number of halogens is 1. The Hall–Kier alpha value is -2.23. The number of thiocarbonyl (C=S) groups is 1. The Balaban J connectivity index is 1.92.